The summed E-state index contributed by atoms with van der Waals surface area (Å²) >= 11 is 1.52. The average Bonchev–Trinajstić information content (AvgIpc) is 3.36. The van der Waals surface area contributed by atoms with Crippen LogP contribution in [0.25, 0.3) is 4.96 Å². The van der Waals surface area contributed by atoms with Gasteiger partial charge < -0.3 is 19.5 Å². The Labute approximate surface area is 161 Å². The molecule has 2 aliphatic rings. The molecule has 2 N–H and O–H groups in total. The Morgan fingerprint density at radius 3 is 2.56 bits per heavy atom. The van der Waals surface area contributed by atoms with E-state index in [1.807, 2.05) is 13.0 Å². The summed E-state index contributed by atoms with van der Waals surface area (Å²) in [4.78, 5) is 7.48. The SMILES string of the molecule is Cc1nc2sc([C@H](c3ccccc3)[NH+]3CCC4(CC3)OCCO4)c(O)n2n1. The quantitative estimate of drug-likeness (QED) is 0.709. The van der Waals surface area contributed by atoms with Crippen molar-refractivity contribution in [3.8, 4) is 5.88 Å². The molecule has 27 heavy (non-hydrogen) atoms. The summed E-state index contributed by atoms with van der Waals surface area (Å²) in [6.07, 6.45) is 1.73. The Morgan fingerprint density at radius 1 is 1.19 bits per heavy atom. The number of quaternary nitrogens is 1. The molecule has 3 aromatic rings. The summed E-state index contributed by atoms with van der Waals surface area (Å²) in [7, 11) is 0. The van der Waals surface area contributed by atoms with Gasteiger partial charge in [-0.3, -0.25) is 0 Å². The molecule has 1 spiro atoms. The molecule has 2 saturated heterocycles. The lowest BCUT2D eigenvalue weighted by atomic mass is 9.97. The predicted molar refractivity (Wildman–Crippen MR) is 100 cm³/mol. The monoisotopic (exact) mass is 387 g/mol. The lowest BCUT2D eigenvalue weighted by Gasteiger charge is -2.38. The standard InChI is InChI=1S/C19H22N4O3S/c1-13-20-18-23(21-13)17(24)16(27-18)15(14-5-3-2-4-6-14)22-9-7-19(8-10-22)25-11-12-26-19/h2-6,15,24H,7-12H2,1H3/p+1/t15-/m0/s1. The zero-order valence-electron chi connectivity index (χ0n) is 15.2. The molecule has 4 heterocycles. The van der Waals surface area contributed by atoms with E-state index in [2.05, 4.69) is 34.3 Å². The van der Waals surface area contributed by atoms with Crippen LogP contribution in [0.4, 0.5) is 0 Å². The molecule has 0 amide bonds. The van der Waals surface area contributed by atoms with Gasteiger partial charge in [-0.2, -0.15) is 4.52 Å². The van der Waals surface area contributed by atoms with E-state index in [9.17, 15) is 5.11 Å². The van der Waals surface area contributed by atoms with Gasteiger partial charge in [0.05, 0.1) is 39.1 Å². The summed E-state index contributed by atoms with van der Waals surface area (Å²) in [6, 6.07) is 10.4. The van der Waals surface area contributed by atoms with Gasteiger partial charge in [-0.05, 0) is 6.92 Å². The van der Waals surface area contributed by atoms with Gasteiger partial charge in [0, 0.05) is 5.56 Å². The van der Waals surface area contributed by atoms with E-state index in [1.54, 1.807) is 4.52 Å². The maximum atomic E-state index is 10.9. The van der Waals surface area contributed by atoms with Crippen molar-refractivity contribution in [1.29, 1.82) is 0 Å². The number of nitrogens with one attached hydrogen (secondary N) is 1. The number of ether oxygens (including phenoxy) is 2. The third kappa shape index (κ3) is 2.93. The topological polar surface area (TPSA) is 73.3 Å². The van der Waals surface area contributed by atoms with Gasteiger partial charge in [-0.25, -0.2) is 4.98 Å². The number of aryl methyl sites for hydroxylation is 1. The maximum Gasteiger partial charge on any atom is 0.235 e. The van der Waals surface area contributed by atoms with E-state index in [4.69, 9.17) is 9.47 Å². The second-order valence-electron chi connectivity index (χ2n) is 7.25. The molecule has 2 fully saturated rings. The Morgan fingerprint density at radius 2 is 1.89 bits per heavy atom. The van der Waals surface area contributed by atoms with Crippen LogP contribution < -0.4 is 4.90 Å². The fourth-order valence-corrected chi connectivity index (χ4v) is 5.47. The first kappa shape index (κ1) is 17.1. The molecule has 7 nitrogen and oxygen atoms in total. The van der Waals surface area contributed by atoms with Crippen LogP contribution in [-0.2, 0) is 9.47 Å². The van der Waals surface area contributed by atoms with E-state index in [-0.39, 0.29) is 11.9 Å². The highest BCUT2D eigenvalue weighted by atomic mass is 32.1. The van der Waals surface area contributed by atoms with Gasteiger partial charge in [0.25, 0.3) is 0 Å². The second kappa shape index (κ2) is 6.56. The zero-order chi connectivity index (χ0) is 18.4. The normalized spacial score (nSPS) is 21.2. The summed E-state index contributed by atoms with van der Waals surface area (Å²) in [6.45, 7) is 5.05. The van der Waals surface area contributed by atoms with E-state index >= 15 is 0 Å². The third-order valence-corrected chi connectivity index (χ3v) is 6.66. The molecule has 1 atom stereocenters. The minimum absolute atomic E-state index is 0.0405. The van der Waals surface area contributed by atoms with E-state index in [0.717, 1.165) is 35.8 Å². The van der Waals surface area contributed by atoms with E-state index in [0.29, 0.717) is 19.0 Å². The average molecular weight is 387 g/mol. The number of benzene rings is 1. The molecule has 0 unspecified atom stereocenters. The number of hydrogen-bond donors (Lipinski definition) is 2. The molecular formula is C19H23N4O3S+. The van der Waals surface area contributed by atoms with Crippen LogP contribution in [0.15, 0.2) is 30.3 Å². The van der Waals surface area contributed by atoms with Crippen molar-refractivity contribution in [3.05, 3.63) is 46.6 Å². The van der Waals surface area contributed by atoms with Crippen molar-refractivity contribution in [1.82, 2.24) is 14.6 Å². The molecule has 0 radical (unpaired) electrons. The second-order valence-corrected chi connectivity index (χ2v) is 8.26. The Bertz CT molecular complexity index is 939. The van der Waals surface area contributed by atoms with Crippen molar-refractivity contribution in [2.24, 2.45) is 0 Å². The first-order chi connectivity index (χ1) is 13.2. The van der Waals surface area contributed by atoms with Gasteiger partial charge in [-0.15, -0.1) is 5.10 Å². The van der Waals surface area contributed by atoms with Gasteiger partial charge in [-0.1, -0.05) is 41.7 Å². The Kier molecular flexibility index (Phi) is 4.16. The van der Waals surface area contributed by atoms with Crippen LogP contribution in [0.3, 0.4) is 0 Å². The Hall–Kier alpha value is -2.00. The van der Waals surface area contributed by atoms with E-state index < -0.39 is 5.79 Å². The molecule has 2 aromatic heterocycles. The summed E-state index contributed by atoms with van der Waals surface area (Å²) < 4.78 is 13.3. The van der Waals surface area contributed by atoms with Gasteiger partial charge in [0.15, 0.2) is 11.8 Å². The van der Waals surface area contributed by atoms with Gasteiger partial charge in [0.1, 0.15) is 10.7 Å². The highest BCUT2D eigenvalue weighted by molar-refractivity contribution is 7.17. The molecular weight excluding hydrogens is 364 g/mol. The fraction of sp³-hybridized carbons (Fsp3) is 0.474. The van der Waals surface area contributed by atoms with Crippen molar-refractivity contribution in [2.45, 2.75) is 31.6 Å². The lowest BCUT2D eigenvalue weighted by Crippen LogP contribution is -3.14. The minimum Gasteiger partial charge on any atom is -0.492 e. The summed E-state index contributed by atoms with van der Waals surface area (Å²) in [5.74, 6) is 0.475. The van der Waals surface area contributed by atoms with Crippen molar-refractivity contribution < 1.29 is 19.5 Å². The number of rotatable bonds is 3. The first-order valence-corrected chi connectivity index (χ1v) is 10.2. The maximum absolute atomic E-state index is 10.9. The molecule has 142 valence electrons. The molecule has 1 aromatic carbocycles. The van der Waals surface area contributed by atoms with Crippen LogP contribution >= 0.6 is 11.3 Å². The summed E-state index contributed by atoms with van der Waals surface area (Å²) in [5.41, 5.74) is 1.19. The van der Waals surface area contributed by atoms with E-state index in [1.165, 1.54) is 21.8 Å². The minimum atomic E-state index is -0.393. The number of piperidine rings is 1. The van der Waals surface area contributed by atoms with Crippen LogP contribution in [0, 0.1) is 6.92 Å². The van der Waals surface area contributed by atoms with Crippen molar-refractivity contribution in [2.75, 3.05) is 26.3 Å². The first-order valence-electron chi connectivity index (χ1n) is 9.38. The molecule has 0 saturated carbocycles. The largest absolute Gasteiger partial charge is 0.492 e. The fourth-order valence-electron chi connectivity index (χ4n) is 4.28. The number of likely N-dealkylation sites (tertiary alicyclic amines) is 1. The van der Waals surface area contributed by atoms with Gasteiger partial charge >= 0.3 is 0 Å². The van der Waals surface area contributed by atoms with Crippen LogP contribution in [0.2, 0.25) is 0 Å². The summed E-state index contributed by atoms with van der Waals surface area (Å²) in [5, 5.41) is 15.2. The smallest absolute Gasteiger partial charge is 0.235 e. The number of aromatic nitrogens is 3. The molecule has 8 heteroatoms. The molecule has 5 rings (SSSR count). The molecule has 0 bridgehead atoms. The third-order valence-electron chi connectivity index (χ3n) is 5.58. The van der Waals surface area contributed by atoms with Crippen LogP contribution in [0.1, 0.15) is 35.1 Å². The van der Waals surface area contributed by atoms with Crippen LogP contribution in [-0.4, -0.2) is 51.8 Å². The highest BCUT2D eigenvalue weighted by Gasteiger charge is 2.44. The number of fused-ring (bicyclic) bond motifs is 1. The number of aromatic hydroxyl groups is 1. The van der Waals surface area contributed by atoms with Crippen molar-refractivity contribution >= 4 is 16.3 Å². The van der Waals surface area contributed by atoms with Gasteiger partial charge in [0.2, 0.25) is 10.8 Å². The lowest BCUT2D eigenvalue weighted by molar-refractivity contribution is -0.933. The Balaban J connectivity index is 1.51. The number of hydrogen-bond acceptors (Lipinski definition) is 6. The predicted octanol–water partition coefficient (Wildman–Crippen LogP) is 1.32. The van der Waals surface area contributed by atoms with Crippen LogP contribution in [0.5, 0.6) is 5.88 Å². The molecule has 0 aliphatic carbocycles. The highest BCUT2D eigenvalue weighted by Crippen LogP contribution is 2.36. The number of nitrogens with zero attached hydrogens (tertiary/aromatic N) is 3. The zero-order valence-corrected chi connectivity index (χ0v) is 16.0. The number of thiazole rings is 1. The molecule has 2 aliphatic heterocycles. The van der Waals surface area contributed by atoms with Crippen molar-refractivity contribution in [3.63, 3.8) is 0 Å².